The third kappa shape index (κ3) is 4.31. The van der Waals surface area contributed by atoms with Crippen molar-refractivity contribution in [2.75, 3.05) is 0 Å². The van der Waals surface area contributed by atoms with E-state index in [9.17, 15) is 13.2 Å². The van der Waals surface area contributed by atoms with Crippen LogP contribution in [0.15, 0.2) is 42.5 Å². The zero-order chi connectivity index (χ0) is 21.8. The number of aromatic nitrogens is 4. The van der Waals surface area contributed by atoms with Crippen LogP contribution in [0.25, 0.3) is 33.7 Å². The van der Waals surface area contributed by atoms with Crippen molar-refractivity contribution in [2.45, 2.75) is 39.3 Å². The Labute approximate surface area is 201 Å². The fraction of sp³-hybridized carbons (Fsp3) is 0.304. The summed E-state index contributed by atoms with van der Waals surface area (Å²) < 4.78 is 42.1. The van der Waals surface area contributed by atoms with E-state index in [0.29, 0.717) is 22.4 Å². The van der Waals surface area contributed by atoms with Gasteiger partial charge < -0.3 is 4.98 Å². The van der Waals surface area contributed by atoms with Crippen molar-refractivity contribution in [2.24, 2.45) is 7.05 Å². The molecule has 2 aromatic carbocycles. The van der Waals surface area contributed by atoms with Crippen LogP contribution in [-0.2, 0) is 18.6 Å². The molecule has 4 rings (SSSR count). The standard InChI is InChI=1S/C23H23F3N4.Na/c1-13-19(30(5)29-20(13)22(2,3)4)21-27-17-11-10-14(12-18(17)28-21)15-8-6-7-9-16(15)23(24,25)26;/h6-12H,1-5H3,(H,27,28);. The van der Waals surface area contributed by atoms with E-state index < -0.39 is 11.7 Å². The summed E-state index contributed by atoms with van der Waals surface area (Å²) in [4.78, 5) is 7.94. The number of rotatable bonds is 2. The molecule has 1 N–H and O–H groups in total. The number of hydrogen-bond donors (Lipinski definition) is 1. The maximum atomic E-state index is 13.4. The van der Waals surface area contributed by atoms with Gasteiger partial charge in [-0.25, -0.2) is 4.98 Å². The van der Waals surface area contributed by atoms with Crippen molar-refractivity contribution in [3.05, 3.63) is 59.3 Å². The molecule has 2 aromatic heterocycles. The Kier molecular flexibility index (Phi) is 6.17. The maximum absolute atomic E-state index is 13.4. The molecule has 4 aromatic rings. The number of fused-ring (bicyclic) bond motifs is 1. The third-order valence-electron chi connectivity index (χ3n) is 5.24. The third-order valence-corrected chi connectivity index (χ3v) is 5.24. The van der Waals surface area contributed by atoms with Gasteiger partial charge in [0.2, 0.25) is 0 Å². The Morgan fingerprint density at radius 3 is 2.29 bits per heavy atom. The smallest absolute Gasteiger partial charge is 0.337 e. The van der Waals surface area contributed by atoms with Crippen LogP contribution in [-0.4, -0.2) is 49.3 Å². The molecule has 0 fully saturated rings. The topological polar surface area (TPSA) is 46.5 Å². The number of H-pyrrole nitrogens is 1. The zero-order valence-corrected chi connectivity index (χ0v) is 20.5. The van der Waals surface area contributed by atoms with Gasteiger partial charge in [-0.05, 0) is 36.2 Å². The Morgan fingerprint density at radius 1 is 1.00 bits per heavy atom. The second-order valence-corrected chi connectivity index (χ2v) is 8.56. The molecule has 0 amide bonds. The summed E-state index contributed by atoms with van der Waals surface area (Å²) >= 11 is 0. The van der Waals surface area contributed by atoms with Crippen LogP contribution in [0.2, 0.25) is 0 Å². The van der Waals surface area contributed by atoms with Crippen LogP contribution in [0.5, 0.6) is 0 Å². The summed E-state index contributed by atoms with van der Waals surface area (Å²) in [6, 6.07) is 10.7. The minimum absolute atomic E-state index is 0. The largest absolute Gasteiger partial charge is 0.417 e. The first-order chi connectivity index (χ1) is 14.0. The molecule has 0 atom stereocenters. The number of nitrogens with one attached hydrogen (secondary N) is 1. The van der Waals surface area contributed by atoms with Gasteiger partial charge in [0.1, 0.15) is 5.69 Å². The van der Waals surface area contributed by atoms with Crippen LogP contribution < -0.4 is 0 Å². The summed E-state index contributed by atoms with van der Waals surface area (Å²) in [6.45, 7) is 8.33. The second kappa shape index (κ2) is 8.11. The molecule has 157 valence electrons. The molecule has 0 aliphatic heterocycles. The zero-order valence-electron chi connectivity index (χ0n) is 18.5. The van der Waals surface area contributed by atoms with Gasteiger partial charge in [0.15, 0.2) is 5.82 Å². The molecule has 0 aliphatic rings. The molecular formula is C23H23F3N4Na. The van der Waals surface area contributed by atoms with E-state index in [0.717, 1.165) is 23.0 Å². The number of aromatic amines is 1. The Hall–Kier alpha value is -2.09. The monoisotopic (exact) mass is 435 g/mol. The van der Waals surface area contributed by atoms with Gasteiger partial charge in [0.05, 0.1) is 22.3 Å². The quantitative estimate of drug-likeness (QED) is 0.400. The Morgan fingerprint density at radius 2 is 1.68 bits per heavy atom. The normalized spacial score (nSPS) is 12.3. The van der Waals surface area contributed by atoms with Crippen molar-refractivity contribution in [3.8, 4) is 22.6 Å². The first-order valence-corrected chi connectivity index (χ1v) is 9.67. The number of alkyl halides is 3. The second-order valence-electron chi connectivity index (χ2n) is 8.56. The molecule has 0 aliphatic carbocycles. The molecule has 4 nitrogen and oxygen atoms in total. The van der Waals surface area contributed by atoms with E-state index in [4.69, 9.17) is 0 Å². The van der Waals surface area contributed by atoms with Gasteiger partial charge in [0.25, 0.3) is 0 Å². The van der Waals surface area contributed by atoms with Gasteiger partial charge in [0, 0.05) is 47.6 Å². The van der Waals surface area contributed by atoms with E-state index in [2.05, 4.69) is 35.8 Å². The predicted octanol–water partition coefficient (Wildman–Crippen LogP) is 5.87. The minimum Gasteiger partial charge on any atom is -0.337 e. The number of halogens is 3. The van der Waals surface area contributed by atoms with Crippen molar-refractivity contribution in [1.82, 2.24) is 19.7 Å². The van der Waals surface area contributed by atoms with Crippen molar-refractivity contribution < 1.29 is 13.2 Å². The Balaban J connectivity index is 0.00000272. The molecule has 2 heterocycles. The van der Waals surface area contributed by atoms with Crippen LogP contribution in [0, 0.1) is 6.92 Å². The average Bonchev–Trinajstić information content (AvgIpc) is 3.20. The summed E-state index contributed by atoms with van der Waals surface area (Å²) in [5.41, 5.74) is 4.13. The maximum Gasteiger partial charge on any atom is 0.417 e. The summed E-state index contributed by atoms with van der Waals surface area (Å²) in [6.07, 6.45) is -4.42. The van der Waals surface area contributed by atoms with Gasteiger partial charge >= 0.3 is 6.18 Å². The van der Waals surface area contributed by atoms with E-state index in [1.54, 1.807) is 28.9 Å². The van der Waals surface area contributed by atoms with Gasteiger partial charge in [-0.15, -0.1) is 0 Å². The van der Waals surface area contributed by atoms with Gasteiger partial charge in [-0.3, -0.25) is 4.68 Å². The summed E-state index contributed by atoms with van der Waals surface area (Å²) in [7, 11) is 1.87. The number of imidazole rings is 1. The van der Waals surface area contributed by atoms with E-state index in [1.165, 1.54) is 12.1 Å². The van der Waals surface area contributed by atoms with Crippen LogP contribution in [0.4, 0.5) is 13.2 Å². The fourth-order valence-corrected chi connectivity index (χ4v) is 3.94. The van der Waals surface area contributed by atoms with Crippen molar-refractivity contribution in [3.63, 3.8) is 0 Å². The minimum atomic E-state index is -4.42. The van der Waals surface area contributed by atoms with Crippen LogP contribution >= 0.6 is 0 Å². The van der Waals surface area contributed by atoms with Crippen molar-refractivity contribution >= 4 is 40.6 Å². The number of aryl methyl sites for hydroxylation is 1. The molecule has 0 bridgehead atoms. The van der Waals surface area contributed by atoms with Gasteiger partial charge in [-0.1, -0.05) is 45.0 Å². The molecule has 0 saturated carbocycles. The number of hydrogen-bond acceptors (Lipinski definition) is 2. The fourth-order valence-electron chi connectivity index (χ4n) is 3.94. The average molecular weight is 435 g/mol. The van der Waals surface area contributed by atoms with E-state index in [1.807, 2.05) is 14.0 Å². The predicted molar refractivity (Wildman–Crippen MR) is 118 cm³/mol. The van der Waals surface area contributed by atoms with E-state index >= 15 is 0 Å². The molecule has 0 unspecified atom stereocenters. The SMILES string of the molecule is Cc1c(C(C)(C)C)nn(C)c1-c1nc2ccc(-c3ccccc3C(F)(F)F)cc2[nH]1.[Na]. The molecule has 31 heavy (non-hydrogen) atoms. The molecular weight excluding hydrogens is 412 g/mol. The summed E-state index contributed by atoms with van der Waals surface area (Å²) in [5.74, 6) is 0.647. The molecule has 1 radical (unpaired) electrons. The van der Waals surface area contributed by atoms with E-state index in [-0.39, 0.29) is 40.5 Å². The number of nitrogens with zero attached hydrogens (tertiary/aromatic N) is 3. The van der Waals surface area contributed by atoms with Gasteiger partial charge in [-0.2, -0.15) is 18.3 Å². The van der Waals surface area contributed by atoms with Crippen LogP contribution in [0.3, 0.4) is 0 Å². The molecule has 0 spiro atoms. The van der Waals surface area contributed by atoms with Crippen molar-refractivity contribution in [1.29, 1.82) is 0 Å². The first kappa shape index (κ1) is 23.6. The number of benzene rings is 2. The Bertz CT molecular complexity index is 1250. The van der Waals surface area contributed by atoms with Crippen LogP contribution in [0.1, 0.15) is 37.6 Å². The summed E-state index contributed by atoms with van der Waals surface area (Å²) in [5, 5.41) is 4.66. The molecule has 8 heteroatoms. The first-order valence-electron chi connectivity index (χ1n) is 9.67. The molecule has 0 saturated heterocycles.